The maximum absolute atomic E-state index is 12.9. The van der Waals surface area contributed by atoms with Crippen LogP contribution in [0, 0.1) is 0 Å². The molecule has 2 aliphatic rings. The molecule has 0 bridgehead atoms. The highest BCUT2D eigenvalue weighted by molar-refractivity contribution is 8.01. The van der Waals surface area contributed by atoms with Gasteiger partial charge in [0, 0.05) is 23.9 Å². The van der Waals surface area contributed by atoms with Crippen LogP contribution in [0.15, 0.2) is 33.3 Å². The molecule has 2 aliphatic heterocycles. The van der Waals surface area contributed by atoms with E-state index in [1.807, 2.05) is 0 Å². The number of carboxylic acid groups (broad SMARTS) is 1. The summed E-state index contributed by atoms with van der Waals surface area (Å²) in [5, 5.41) is 25.7. The second-order valence-corrected chi connectivity index (χ2v) is 9.76. The number of carbonyl (C=O) groups excluding carboxylic acids is 2. The van der Waals surface area contributed by atoms with Gasteiger partial charge >= 0.3 is 5.97 Å². The third-order valence-corrected chi connectivity index (χ3v) is 7.88. The minimum absolute atomic E-state index is 0. The molecule has 0 unspecified atom stereocenters. The molecule has 2 atom stereocenters. The Balaban J connectivity index is -0.000000259. The first-order valence-corrected chi connectivity index (χ1v) is 12.2. The Bertz CT molecular complexity index is 1180. The first kappa shape index (κ1) is 55.8. The zero-order chi connectivity index (χ0) is 23.7. The van der Waals surface area contributed by atoms with E-state index >= 15 is 0 Å². The fraction of sp³-hybridized carbons (Fsp3) is 0.593. The number of amides is 2. The lowest BCUT2D eigenvalue weighted by molar-refractivity contribution is -0.150. The predicted molar refractivity (Wildman–Crippen MR) is 189 cm³/mol. The minimum Gasteiger partial charge on any atom is -0.477 e. The molecule has 4 rings (SSSR count). The van der Waals surface area contributed by atoms with Gasteiger partial charge < -0.3 is 25.6 Å². The molecule has 0 radical (unpaired) electrons. The summed E-state index contributed by atoms with van der Waals surface area (Å²) < 4.78 is 1.72. The molecule has 0 aliphatic carbocycles. The van der Waals surface area contributed by atoms with Crippen LogP contribution in [0.4, 0.5) is 5.13 Å². The van der Waals surface area contributed by atoms with E-state index in [1.165, 1.54) is 35.5 Å². The van der Waals surface area contributed by atoms with Crippen molar-refractivity contribution in [3.8, 4) is 0 Å². The van der Waals surface area contributed by atoms with E-state index in [0.29, 0.717) is 22.2 Å². The standard InChI is InChI=1S/C17H18N8O5S3.10CH4/c1-24-6-19-22-17(24)33-4-7-3-31-14-10(13(27)25(14)11(7)15(28)29)21-12(26)9(23-30-2)8-5-32-16(18)20-8;;;;;;;;;;/h5-6,10,14H,3-4H2,1-2H3,(H2,18,20)(H,21,26)(H,28,29);10*1H4/b23-9-;;;;;;;;;;/t10-,14-;;;;;;;;;;/m1........../s1. The molecule has 0 saturated carbocycles. The van der Waals surface area contributed by atoms with Gasteiger partial charge in [0.1, 0.15) is 36.2 Å². The van der Waals surface area contributed by atoms with E-state index in [1.54, 1.807) is 23.3 Å². The molecule has 4 heterocycles. The summed E-state index contributed by atoms with van der Waals surface area (Å²) in [4.78, 5) is 47.6. The number of nitrogens with two attached hydrogens (primary N) is 1. The molecule has 0 aromatic carbocycles. The molecule has 4 N–H and O–H groups in total. The third-order valence-electron chi connectivity index (χ3n) is 4.74. The van der Waals surface area contributed by atoms with E-state index < -0.39 is 29.2 Å². The highest BCUT2D eigenvalue weighted by Gasteiger charge is 2.54. The Morgan fingerprint density at radius 3 is 2.23 bits per heavy atom. The van der Waals surface area contributed by atoms with Crippen molar-refractivity contribution in [1.82, 2.24) is 30.0 Å². The number of nitrogens with one attached hydrogen (secondary N) is 1. The van der Waals surface area contributed by atoms with Crippen molar-refractivity contribution in [2.75, 3.05) is 24.3 Å². The number of β-lactam (4-membered cyclic amide) rings is 1. The van der Waals surface area contributed by atoms with Gasteiger partial charge in [0.2, 0.25) is 0 Å². The maximum atomic E-state index is 12.9. The average Bonchev–Trinajstić information content (AvgIpc) is 3.40. The topological polar surface area (TPSA) is 178 Å². The van der Waals surface area contributed by atoms with Crippen LogP contribution in [-0.2, 0) is 26.3 Å². The molecule has 0 spiro atoms. The molecule has 2 aromatic heterocycles. The van der Waals surface area contributed by atoms with Gasteiger partial charge in [0.25, 0.3) is 11.8 Å². The Morgan fingerprint density at radius 1 is 1.16 bits per heavy atom. The number of carbonyl (C=O) groups is 3. The Morgan fingerprint density at radius 2 is 1.77 bits per heavy atom. The molecule has 1 fully saturated rings. The van der Waals surface area contributed by atoms with Gasteiger partial charge in [-0.15, -0.1) is 33.3 Å². The minimum atomic E-state index is -1.20. The molecule has 2 aromatic rings. The molecular formula is C27H58N8O5S3. The highest BCUT2D eigenvalue weighted by Crippen LogP contribution is 2.41. The molecule has 1 saturated heterocycles. The molecule has 2 amide bonds. The zero-order valence-electron chi connectivity index (χ0n) is 17.3. The van der Waals surface area contributed by atoms with Crippen LogP contribution in [0.3, 0.4) is 0 Å². The molecule has 13 nitrogen and oxygen atoms in total. The van der Waals surface area contributed by atoms with Crippen molar-refractivity contribution in [2.24, 2.45) is 12.2 Å². The fourth-order valence-corrected chi connectivity index (χ4v) is 6.17. The summed E-state index contributed by atoms with van der Waals surface area (Å²) in [6.07, 6.45) is 1.55. The Labute approximate surface area is 273 Å². The maximum Gasteiger partial charge on any atom is 0.352 e. The fourth-order valence-electron chi connectivity index (χ4n) is 3.25. The Hall–Kier alpha value is -3.11. The number of thioether (sulfide) groups is 2. The number of thiazole rings is 1. The van der Waals surface area contributed by atoms with Gasteiger partial charge in [-0.3, -0.25) is 14.5 Å². The monoisotopic (exact) mass is 670 g/mol. The lowest BCUT2D eigenvalue weighted by atomic mass is 10.0. The van der Waals surface area contributed by atoms with Gasteiger partial charge in [-0.05, 0) is 5.57 Å². The second kappa shape index (κ2) is 23.4. The van der Waals surface area contributed by atoms with E-state index in [-0.39, 0.29) is 96.5 Å². The number of hydrogen-bond donors (Lipinski definition) is 3. The summed E-state index contributed by atoms with van der Waals surface area (Å²) in [6.45, 7) is 0. The summed E-state index contributed by atoms with van der Waals surface area (Å²) >= 11 is 3.83. The van der Waals surface area contributed by atoms with Crippen molar-refractivity contribution in [1.29, 1.82) is 0 Å². The van der Waals surface area contributed by atoms with Crippen molar-refractivity contribution in [3.05, 3.63) is 28.7 Å². The summed E-state index contributed by atoms with van der Waals surface area (Å²) in [6, 6.07) is -0.914. The van der Waals surface area contributed by atoms with E-state index in [9.17, 15) is 19.5 Å². The average molecular weight is 671 g/mol. The lowest BCUT2D eigenvalue weighted by Gasteiger charge is -2.49. The first-order valence-electron chi connectivity index (χ1n) is 9.32. The van der Waals surface area contributed by atoms with Crippen molar-refractivity contribution in [3.63, 3.8) is 0 Å². The van der Waals surface area contributed by atoms with Crippen LogP contribution in [0.2, 0.25) is 0 Å². The number of anilines is 1. The Kier molecular flexibility index (Phi) is 30.3. The number of rotatable bonds is 8. The first-order chi connectivity index (χ1) is 15.8. The van der Waals surface area contributed by atoms with Gasteiger partial charge in [-0.1, -0.05) is 91.2 Å². The molecule has 254 valence electrons. The van der Waals surface area contributed by atoms with Crippen LogP contribution in [0.5, 0.6) is 0 Å². The quantitative estimate of drug-likeness (QED) is 0.128. The van der Waals surface area contributed by atoms with Crippen LogP contribution < -0.4 is 11.1 Å². The lowest BCUT2D eigenvalue weighted by Crippen LogP contribution is -2.71. The number of hydrogen-bond acceptors (Lipinski definition) is 12. The number of aryl methyl sites for hydroxylation is 1. The van der Waals surface area contributed by atoms with Gasteiger partial charge in [-0.25, -0.2) is 9.78 Å². The molecular weight excluding hydrogens is 613 g/mol. The van der Waals surface area contributed by atoms with Crippen LogP contribution >= 0.6 is 34.9 Å². The number of nitrogens with zero attached hydrogens (tertiary/aromatic N) is 6. The van der Waals surface area contributed by atoms with Crippen LogP contribution in [-0.4, -0.2) is 83.3 Å². The summed E-state index contributed by atoms with van der Waals surface area (Å²) in [5.41, 5.74) is 6.23. The van der Waals surface area contributed by atoms with E-state index in [2.05, 4.69) is 25.7 Å². The number of oxime groups is 1. The van der Waals surface area contributed by atoms with E-state index in [4.69, 9.17) is 10.6 Å². The molecule has 43 heavy (non-hydrogen) atoms. The second-order valence-electron chi connectivity index (χ2n) is 6.82. The number of aliphatic carboxylic acids is 1. The summed E-state index contributed by atoms with van der Waals surface area (Å²) in [5.74, 6) is -1.68. The number of nitrogen functional groups attached to an aromatic ring is 1. The van der Waals surface area contributed by atoms with Crippen molar-refractivity contribution < 1.29 is 24.3 Å². The van der Waals surface area contributed by atoms with Crippen molar-refractivity contribution in [2.45, 2.75) is 90.8 Å². The summed E-state index contributed by atoms with van der Waals surface area (Å²) in [7, 11) is 3.06. The molecule has 16 heteroatoms. The van der Waals surface area contributed by atoms with Gasteiger partial charge in [0.15, 0.2) is 16.0 Å². The normalized spacial score (nSPS) is 15.6. The predicted octanol–water partition coefficient (Wildman–Crippen LogP) is 6.10. The number of carboxylic acids is 1. The zero-order valence-corrected chi connectivity index (χ0v) is 19.7. The van der Waals surface area contributed by atoms with Gasteiger partial charge in [0.05, 0.1) is 0 Å². The van der Waals surface area contributed by atoms with Crippen LogP contribution in [0.25, 0.3) is 0 Å². The van der Waals surface area contributed by atoms with E-state index in [0.717, 1.165) is 11.3 Å². The SMILES string of the molecule is C.C.C.C.C.C.C.C.C.C.CO/N=C(\C(=O)N[C@@H]1C(=O)N2C(C(=O)O)=C(CSc3nncn3C)CS[C@H]12)c1csc(N)n1. The highest BCUT2D eigenvalue weighted by atomic mass is 32.2. The smallest absolute Gasteiger partial charge is 0.352 e. The van der Waals surface area contributed by atoms with Crippen LogP contribution in [0.1, 0.15) is 80.0 Å². The van der Waals surface area contributed by atoms with Gasteiger partial charge in [-0.2, -0.15) is 0 Å². The number of fused-ring (bicyclic) bond motifs is 1. The largest absolute Gasteiger partial charge is 0.477 e. The van der Waals surface area contributed by atoms with Crippen molar-refractivity contribution >= 4 is 63.5 Å². The number of aromatic nitrogens is 4. The third kappa shape index (κ3) is 11.2.